The number of nitrogens with zero attached hydrogens (tertiary/aromatic N) is 2. The molecule has 1 fully saturated rings. The number of guanidine groups is 2. The van der Waals surface area contributed by atoms with Gasteiger partial charge in [0.1, 0.15) is 66.5 Å². The average Bonchev–Trinajstić information content (AvgIpc) is 1.67. The summed E-state index contributed by atoms with van der Waals surface area (Å²) in [6, 6.07) is -0.575. The minimum Gasteiger partial charge on any atom is -0.481 e. The average molecular weight is 1700 g/mol. The molecule has 606 valence electrons. The van der Waals surface area contributed by atoms with Crippen LogP contribution in [0.3, 0.4) is 0 Å². The zero-order valence-corrected chi connectivity index (χ0v) is 66.3. The summed E-state index contributed by atoms with van der Waals surface area (Å²) in [6.45, 7) is 2.12. The van der Waals surface area contributed by atoms with Gasteiger partial charge in [0.05, 0.1) is 19.4 Å². The van der Waals surface area contributed by atoms with Crippen LogP contribution in [-0.4, -0.2) is 242 Å². The van der Waals surface area contributed by atoms with Crippen LogP contribution >= 0.6 is 37.9 Å². The van der Waals surface area contributed by atoms with Gasteiger partial charge in [-0.05, 0) is 68.6 Å². The van der Waals surface area contributed by atoms with Crippen molar-refractivity contribution in [3.8, 4) is 0 Å². The number of carbonyl (C=O) groups excluding carboxylic acids is 14. The third kappa shape index (κ3) is 32.1. The van der Waals surface area contributed by atoms with Gasteiger partial charge in [0.25, 0.3) is 0 Å². The Bertz CT molecular complexity index is 3900. The fraction of sp³-hybridized carbons (Fsp3) is 0.507. The molecule has 4 aromatic rings. The number of aromatic amines is 2. The number of likely N-dealkylation sites (tertiary alicyclic amines) is 1. The monoisotopic (exact) mass is 1700 g/mol. The summed E-state index contributed by atoms with van der Waals surface area (Å²) in [6.07, 6.45) is 3.74. The van der Waals surface area contributed by atoms with Crippen molar-refractivity contribution in [1.29, 1.82) is 10.8 Å². The number of nitrogens with one attached hydrogen (secondary N) is 18. The molecular formula is C69H101N23O16S3Tc+7. The van der Waals surface area contributed by atoms with E-state index in [4.69, 9.17) is 28.0 Å². The smallest absolute Gasteiger partial charge is 0.481 e. The molecule has 0 unspecified atom stereocenters. The van der Waals surface area contributed by atoms with Crippen molar-refractivity contribution in [2.24, 2.45) is 17.2 Å². The molecule has 0 saturated carbocycles. The number of aromatic nitrogens is 3. The Labute approximate surface area is 675 Å². The van der Waals surface area contributed by atoms with Gasteiger partial charge in [-0.2, -0.15) is 37.9 Å². The van der Waals surface area contributed by atoms with Crippen LogP contribution in [-0.2, 0) is 111 Å². The Morgan fingerprint density at radius 2 is 1.02 bits per heavy atom. The molecule has 112 heavy (non-hydrogen) atoms. The second-order valence-electron chi connectivity index (χ2n) is 26.1. The zero-order chi connectivity index (χ0) is 81.7. The number of rotatable bonds is 48. The van der Waals surface area contributed by atoms with E-state index in [2.05, 4.69) is 127 Å². The maximum Gasteiger partial charge on any atom is 7.00 e. The number of fused-ring (bicyclic) bond motifs is 1. The summed E-state index contributed by atoms with van der Waals surface area (Å²) in [5, 5.41) is 61.8. The summed E-state index contributed by atoms with van der Waals surface area (Å²) in [5.74, 6) is -15.0. The van der Waals surface area contributed by atoms with Gasteiger partial charge in [0.2, 0.25) is 82.7 Å². The molecule has 2 aromatic heterocycles. The quantitative estimate of drug-likeness (QED) is 0.00851. The van der Waals surface area contributed by atoms with Gasteiger partial charge in [-0.1, -0.05) is 68.3 Å². The van der Waals surface area contributed by atoms with Crippen molar-refractivity contribution in [3.63, 3.8) is 0 Å². The molecule has 11 atom stereocenters. The first-order chi connectivity index (χ1) is 52.9. The predicted molar refractivity (Wildman–Crippen MR) is 416 cm³/mol. The van der Waals surface area contributed by atoms with Gasteiger partial charge in [-0.3, -0.25) is 82.7 Å². The molecule has 3 heterocycles. The maximum absolute atomic E-state index is 15.2. The number of aliphatic carboxylic acids is 1. The number of carboxylic acid groups (broad SMARTS) is 1. The fourth-order valence-electron chi connectivity index (χ4n) is 11.7. The molecule has 5 rings (SSSR count). The van der Waals surface area contributed by atoms with Gasteiger partial charge in [0, 0.05) is 98.5 Å². The van der Waals surface area contributed by atoms with Crippen LogP contribution in [0.15, 0.2) is 73.3 Å². The molecule has 43 heteroatoms. The fourth-order valence-corrected chi connectivity index (χ4v) is 12.5. The molecule has 1 aliphatic heterocycles. The Morgan fingerprint density at radius 1 is 0.545 bits per heavy atom. The number of thiol groups is 3. The Balaban J connectivity index is 0.0000264. The third-order valence-corrected chi connectivity index (χ3v) is 18.6. The number of unbranched alkanes of at least 4 members (excludes halogenated alkanes) is 1. The van der Waals surface area contributed by atoms with Gasteiger partial charge in [-0.25, -0.2) is 4.98 Å². The molecule has 14 amide bonds. The predicted octanol–water partition coefficient (Wildman–Crippen LogP) is -5.14. The second kappa shape index (κ2) is 49.0. The van der Waals surface area contributed by atoms with Gasteiger partial charge in [-0.15, -0.1) is 0 Å². The first-order valence-electron chi connectivity index (χ1n) is 35.9. The normalized spacial score (nSPS) is 14.9. The summed E-state index contributed by atoms with van der Waals surface area (Å²) in [7, 11) is 0. The molecule has 0 aliphatic carbocycles. The number of carbonyl (C=O) groups is 15. The largest absolute Gasteiger partial charge is 7.00 e. The van der Waals surface area contributed by atoms with Crippen molar-refractivity contribution >= 4 is 149 Å². The van der Waals surface area contributed by atoms with Crippen molar-refractivity contribution in [2.75, 3.05) is 50.0 Å². The van der Waals surface area contributed by atoms with E-state index < -0.39 is 193 Å². The van der Waals surface area contributed by atoms with Crippen molar-refractivity contribution < 1.29 is 97.1 Å². The molecule has 0 spiro atoms. The van der Waals surface area contributed by atoms with Crippen LogP contribution in [0.2, 0.25) is 0 Å². The Morgan fingerprint density at radius 3 is 1.54 bits per heavy atom. The SMILES string of the molecule is CCCC[C@H](NC(=O)[C@@H]1CCCN1C(=O)[C@H](CCCNC(=N)N)NC(=O)[C@H](CS)NC(=O)[C@H](Cc1c[nH]c2ccccc12)NC(=O)[C@H](CCCNC(=N)N)NC(=O)[C@@H](Cc1ccccc1)NC(=O)[C@H](Cc1cnc[nH]1)NC(=O)[C@H](CCC(=O)O)NC(=O)[C@H](CS)NC(=O)[C@H](CS)NC(C)=O)C(=O)NCC(=O)NCC(N)=O.[99Tc+7]. The van der Waals surface area contributed by atoms with Crippen LogP contribution in [0.25, 0.3) is 10.9 Å². The second-order valence-corrected chi connectivity index (χ2v) is 27.2. The van der Waals surface area contributed by atoms with E-state index in [0.29, 0.717) is 41.3 Å². The molecule has 2 aromatic carbocycles. The number of carboxylic acids is 1. The van der Waals surface area contributed by atoms with Crippen molar-refractivity contribution in [1.82, 2.24) is 94.3 Å². The van der Waals surface area contributed by atoms with E-state index >= 15 is 14.4 Å². The van der Waals surface area contributed by atoms with Crippen LogP contribution in [0.5, 0.6) is 0 Å². The summed E-state index contributed by atoms with van der Waals surface area (Å²) in [4.78, 5) is 217. The van der Waals surface area contributed by atoms with Crippen molar-refractivity contribution in [2.45, 2.75) is 170 Å². The van der Waals surface area contributed by atoms with E-state index in [-0.39, 0.29) is 121 Å². The Kier molecular flexibility index (Phi) is 41.0. The molecule has 25 N–H and O–H groups in total. The number of imidazole rings is 1. The summed E-state index contributed by atoms with van der Waals surface area (Å²) in [5.41, 5.74) is 18.2. The first kappa shape index (κ1) is 93.9. The molecule has 39 nitrogen and oxygen atoms in total. The van der Waals surface area contributed by atoms with Crippen LogP contribution in [0, 0.1) is 10.8 Å². The number of benzene rings is 2. The van der Waals surface area contributed by atoms with Crippen molar-refractivity contribution in [3.05, 3.63) is 90.1 Å². The number of hydrogen-bond donors (Lipinski definition) is 25. The Hall–Kier alpha value is -10.5. The van der Waals surface area contributed by atoms with E-state index in [0.717, 1.165) is 6.92 Å². The van der Waals surface area contributed by atoms with E-state index in [1.807, 2.05) is 6.92 Å². The van der Waals surface area contributed by atoms with Gasteiger partial charge >= 0.3 is 26.1 Å². The van der Waals surface area contributed by atoms with Crippen LogP contribution in [0.1, 0.15) is 101 Å². The molecule has 0 radical (unpaired) electrons. The van der Waals surface area contributed by atoms with Crippen LogP contribution in [0.4, 0.5) is 0 Å². The third-order valence-electron chi connectivity index (χ3n) is 17.5. The molecule has 1 saturated heterocycles. The molecule has 1 aliphatic rings. The zero-order valence-electron chi connectivity index (χ0n) is 61.8. The van der Waals surface area contributed by atoms with E-state index in [1.165, 1.54) is 17.4 Å². The number of H-pyrrole nitrogens is 2. The maximum atomic E-state index is 15.2. The van der Waals surface area contributed by atoms with E-state index in [9.17, 15) is 62.6 Å². The number of hydrogen-bond acceptors (Lipinski definition) is 21. The van der Waals surface area contributed by atoms with E-state index in [1.54, 1.807) is 60.8 Å². The number of amides is 14. The number of nitrogens with two attached hydrogens (primary N) is 3. The summed E-state index contributed by atoms with van der Waals surface area (Å²) < 4.78 is 0. The first-order valence-corrected chi connectivity index (χ1v) is 37.8. The van der Waals surface area contributed by atoms with Gasteiger partial charge in [0.15, 0.2) is 11.9 Å². The molecule has 0 bridgehead atoms. The summed E-state index contributed by atoms with van der Waals surface area (Å²) >= 11 is 12.7. The number of para-hydroxylation sites is 1. The standard InChI is InChI=1S/C69H101N23O16S3.Tc/c1-3-4-16-43(57(98)80-32-55(95)79-31-54(70)94)85-66(107)53-20-12-25-92(53)67(108)46(19-11-24-77-69(73)74)86-65(106)52(35-111)90-61(102)48(27-39-29-78-42-17-9-8-15-41(39)42)88-58(99)44(18-10-23-76-68(71)72)83-60(101)47(26-38-13-6-5-7-14-38)87-62(103)49(28-40-30-75-36-81-40)89-59(100)45(21-22-56(96)97)84-64(105)51(34-110)91-63(104)50(33-109)82-37(2)93;/h5-9,13-15,17,29-30,36,43-53,78,109-111H,3-4,10-12,16,18-28,31-35H2,1-2H3,(H2,70,94)(H,75,81)(H,79,95)(H,80,98)(H,82,93)(H,83,101)(H,84,105)(H,85,107)(H,86,106)(H,87,103)(H,88,99)(H,89,100)(H,90,102)(H,91,104)(H,96,97)(H4,71,72,76)(H4,73,74,77);/q;+7/t43-,44-,45-,46-,47+,48-,49-,50-,51-,52-,53-;/m0./s1/i;1+1. The minimum atomic E-state index is -1.68. The molecular weight excluding hydrogens is 1600 g/mol. The minimum absolute atomic E-state index is 0. The number of primary amides is 1. The van der Waals surface area contributed by atoms with Crippen LogP contribution < -0.4 is 91.6 Å². The topological polar surface area (TPSA) is 618 Å². The van der Waals surface area contributed by atoms with Gasteiger partial charge < -0.3 is 112 Å².